The maximum atomic E-state index is 11.1. The lowest BCUT2D eigenvalue weighted by atomic mass is 10.2. The van der Waals surface area contributed by atoms with Gasteiger partial charge >= 0.3 is 5.97 Å². The van der Waals surface area contributed by atoms with E-state index in [9.17, 15) is 4.79 Å². The Morgan fingerprint density at radius 2 is 2.38 bits per heavy atom. The molecule has 3 nitrogen and oxygen atoms in total. The largest absolute Gasteiger partial charge is 0.465 e. The Hall–Kier alpha value is -1.53. The van der Waals surface area contributed by atoms with Crippen LogP contribution in [0.15, 0.2) is 12.1 Å². The third-order valence-corrected chi connectivity index (χ3v) is 1.61. The van der Waals surface area contributed by atoms with Gasteiger partial charge in [0.1, 0.15) is 10.8 Å². The lowest BCUT2D eigenvalue weighted by Crippen LogP contribution is -2.05. The molecule has 0 saturated heterocycles. The van der Waals surface area contributed by atoms with Crippen LogP contribution in [0.2, 0.25) is 5.15 Å². The van der Waals surface area contributed by atoms with Crippen LogP contribution in [0.3, 0.4) is 0 Å². The summed E-state index contributed by atoms with van der Waals surface area (Å²) in [6.45, 7) is 0. The predicted octanol–water partition coefficient (Wildman–Crippen LogP) is 1.50. The van der Waals surface area contributed by atoms with Crippen molar-refractivity contribution in [1.29, 1.82) is 0 Å². The van der Waals surface area contributed by atoms with Gasteiger partial charge in [-0.1, -0.05) is 11.6 Å². The summed E-state index contributed by atoms with van der Waals surface area (Å²) in [7, 11) is 1.28. The van der Waals surface area contributed by atoms with E-state index in [1.165, 1.54) is 19.2 Å². The topological polar surface area (TPSA) is 39.2 Å². The van der Waals surface area contributed by atoms with Crippen LogP contribution in [-0.4, -0.2) is 18.1 Å². The number of carbonyl (C=O) groups is 1. The average molecular weight is 196 g/mol. The Labute approximate surface area is 80.7 Å². The van der Waals surface area contributed by atoms with Crippen molar-refractivity contribution in [3.05, 3.63) is 28.5 Å². The smallest absolute Gasteiger partial charge is 0.340 e. The molecule has 0 spiro atoms. The van der Waals surface area contributed by atoms with Crippen molar-refractivity contribution < 1.29 is 9.53 Å². The number of rotatable bonds is 1. The third-order valence-electron chi connectivity index (χ3n) is 1.40. The molecule has 1 heterocycles. The second-order valence-corrected chi connectivity index (χ2v) is 2.55. The molecule has 0 N–H and O–H groups in total. The van der Waals surface area contributed by atoms with Crippen molar-refractivity contribution in [2.24, 2.45) is 0 Å². The first-order valence-corrected chi connectivity index (χ1v) is 3.78. The fourth-order valence-corrected chi connectivity index (χ4v) is 0.968. The van der Waals surface area contributed by atoms with E-state index in [1.807, 2.05) is 0 Å². The highest BCUT2D eigenvalue weighted by Crippen LogP contribution is 2.11. The van der Waals surface area contributed by atoms with Crippen LogP contribution in [-0.2, 0) is 4.74 Å². The van der Waals surface area contributed by atoms with Gasteiger partial charge in [-0.25, -0.2) is 9.78 Å². The molecular formula is C9H6ClNO2. The second-order valence-electron chi connectivity index (χ2n) is 2.17. The van der Waals surface area contributed by atoms with E-state index in [0.717, 1.165) is 0 Å². The van der Waals surface area contributed by atoms with E-state index in [4.69, 9.17) is 18.0 Å². The lowest BCUT2D eigenvalue weighted by Gasteiger charge is -2.01. The van der Waals surface area contributed by atoms with Crippen LogP contribution in [0, 0.1) is 12.3 Å². The van der Waals surface area contributed by atoms with Crippen LogP contribution >= 0.6 is 11.6 Å². The van der Waals surface area contributed by atoms with Crippen molar-refractivity contribution in [3.8, 4) is 12.3 Å². The predicted molar refractivity (Wildman–Crippen MR) is 48.5 cm³/mol. The highest BCUT2D eigenvalue weighted by molar-refractivity contribution is 6.29. The van der Waals surface area contributed by atoms with Gasteiger partial charge in [-0.2, -0.15) is 0 Å². The fraction of sp³-hybridized carbons (Fsp3) is 0.111. The summed E-state index contributed by atoms with van der Waals surface area (Å²) in [5.74, 6) is 1.74. The number of esters is 1. The summed E-state index contributed by atoms with van der Waals surface area (Å²) in [5.41, 5.74) is 0.439. The first-order valence-electron chi connectivity index (χ1n) is 3.40. The molecule has 0 aliphatic rings. The molecule has 0 fully saturated rings. The Kier molecular flexibility index (Phi) is 2.88. The monoisotopic (exact) mass is 195 g/mol. The first-order chi connectivity index (χ1) is 6.19. The van der Waals surface area contributed by atoms with Crippen molar-refractivity contribution in [2.75, 3.05) is 7.11 Å². The number of pyridine rings is 1. The van der Waals surface area contributed by atoms with Gasteiger partial charge in [0, 0.05) is 0 Å². The first kappa shape index (κ1) is 9.56. The van der Waals surface area contributed by atoms with E-state index < -0.39 is 5.97 Å². The minimum Gasteiger partial charge on any atom is -0.465 e. The van der Waals surface area contributed by atoms with E-state index in [1.54, 1.807) is 0 Å². The van der Waals surface area contributed by atoms with Crippen LogP contribution in [0.4, 0.5) is 0 Å². The molecule has 13 heavy (non-hydrogen) atoms. The van der Waals surface area contributed by atoms with Gasteiger partial charge in [-0.3, -0.25) is 0 Å². The zero-order chi connectivity index (χ0) is 9.84. The summed E-state index contributed by atoms with van der Waals surface area (Å²) in [6, 6.07) is 2.96. The minimum atomic E-state index is -0.517. The standard InChI is InChI=1S/C9H6ClNO2/c1-3-7-6(9(12)13-2)4-5-8(10)11-7/h1,4-5H,2H3. The molecule has 0 bridgehead atoms. The quantitative estimate of drug-likeness (QED) is 0.387. The number of aromatic nitrogens is 1. The molecular weight excluding hydrogens is 190 g/mol. The number of halogens is 1. The molecule has 4 heteroatoms. The Bertz CT molecular complexity index is 382. The van der Waals surface area contributed by atoms with Gasteiger partial charge in [0.25, 0.3) is 0 Å². The van der Waals surface area contributed by atoms with Crippen molar-refractivity contribution in [2.45, 2.75) is 0 Å². The second kappa shape index (κ2) is 3.92. The minimum absolute atomic E-state index is 0.194. The summed E-state index contributed by atoms with van der Waals surface area (Å²) in [4.78, 5) is 14.9. The maximum absolute atomic E-state index is 11.1. The van der Waals surface area contributed by atoms with Crippen molar-refractivity contribution in [3.63, 3.8) is 0 Å². The van der Waals surface area contributed by atoms with E-state index in [0.29, 0.717) is 0 Å². The van der Waals surface area contributed by atoms with E-state index >= 15 is 0 Å². The molecule has 0 saturated carbocycles. The number of hydrogen-bond acceptors (Lipinski definition) is 3. The third kappa shape index (κ3) is 1.98. The fourth-order valence-electron chi connectivity index (χ4n) is 0.820. The van der Waals surface area contributed by atoms with Crippen LogP contribution in [0.25, 0.3) is 0 Å². The van der Waals surface area contributed by atoms with Gasteiger partial charge in [0.2, 0.25) is 0 Å². The van der Waals surface area contributed by atoms with Gasteiger partial charge in [-0.05, 0) is 18.1 Å². The number of hydrogen-bond donors (Lipinski definition) is 0. The number of carbonyl (C=O) groups excluding carboxylic acids is 1. The van der Waals surface area contributed by atoms with Crippen molar-refractivity contribution in [1.82, 2.24) is 4.98 Å². The highest BCUT2D eigenvalue weighted by atomic mass is 35.5. The Morgan fingerprint density at radius 3 is 2.92 bits per heavy atom. The van der Waals surface area contributed by atoms with Gasteiger partial charge in [-0.15, -0.1) is 6.42 Å². The average Bonchev–Trinajstić information content (AvgIpc) is 2.16. The molecule has 0 amide bonds. The van der Waals surface area contributed by atoms with Gasteiger partial charge < -0.3 is 4.74 Å². The molecule has 0 radical (unpaired) electrons. The van der Waals surface area contributed by atoms with E-state index in [-0.39, 0.29) is 16.4 Å². The number of terminal acetylenes is 1. The molecule has 66 valence electrons. The molecule has 1 aromatic rings. The molecule has 0 unspecified atom stereocenters. The zero-order valence-corrected chi connectivity index (χ0v) is 7.63. The van der Waals surface area contributed by atoms with Gasteiger partial charge in [0.15, 0.2) is 0 Å². The van der Waals surface area contributed by atoms with Crippen LogP contribution < -0.4 is 0 Å². The van der Waals surface area contributed by atoms with Crippen molar-refractivity contribution >= 4 is 17.6 Å². The number of methoxy groups -OCH3 is 1. The van der Waals surface area contributed by atoms with Crippen LogP contribution in [0.5, 0.6) is 0 Å². The van der Waals surface area contributed by atoms with Crippen LogP contribution in [0.1, 0.15) is 16.1 Å². The molecule has 0 atom stereocenters. The lowest BCUT2D eigenvalue weighted by molar-refractivity contribution is 0.0600. The number of ether oxygens (including phenoxy) is 1. The molecule has 0 aromatic carbocycles. The van der Waals surface area contributed by atoms with Gasteiger partial charge in [0.05, 0.1) is 12.7 Å². The summed E-state index contributed by atoms with van der Waals surface area (Å²) < 4.78 is 4.50. The Balaban J connectivity index is 3.23. The summed E-state index contributed by atoms with van der Waals surface area (Å²) in [5, 5.41) is 0.251. The zero-order valence-electron chi connectivity index (χ0n) is 6.87. The molecule has 0 aliphatic carbocycles. The Morgan fingerprint density at radius 1 is 1.69 bits per heavy atom. The number of nitrogens with zero attached hydrogens (tertiary/aromatic N) is 1. The molecule has 1 aromatic heterocycles. The summed E-state index contributed by atoms with van der Waals surface area (Å²) >= 11 is 5.58. The summed E-state index contributed by atoms with van der Waals surface area (Å²) in [6.07, 6.45) is 5.13. The maximum Gasteiger partial charge on any atom is 0.340 e. The SMILES string of the molecule is C#Cc1nc(Cl)ccc1C(=O)OC. The highest BCUT2D eigenvalue weighted by Gasteiger charge is 2.11. The normalized spacial score (nSPS) is 9.00. The molecule has 1 rings (SSSR count). The van der Waals surface area contributed by atoms with E-state index in [2.05, 4.69) is 15.6 Å². The molecule has 0 aliphatic heterocycles.